The van der Waals surface area contributed by atoms with Crippen LogP contribution in [0, 0.1) is 17.6 Å². The van der Waals surface area contributed by atoms with Gasteiger partial charge in [0, 0.05) is 62.8 Å². The average molecular weight is 934 g/mol. The van der Waals surface area contributed by atoms with E-state index in [0.29, 0.717) is 85.1 Å². The third kappa shape index (κ3) is 11.0. The van der Waals surface area contributed by atoms with Gasteiger partial charge in [-0.15, -0.1) is 0 Å². The number of carbonyl (C=O) groups excluding carboxylic acids is 5. The van der Waals surface area contributed by atoms with Gasteiger partial charge >= 0.3 is 12.2 Å². The number of amides is 6. The molecule has 4 aromatic rings. The Kier molecular flexibility index (Phi) is 15.2. The molecule has 4 heterocycles. The van der Waals surface area contributed by atoms with Crippen LogP contribution in [0.4, 0.5) is 18.4 Å². The molecule has 2 aromatic heterocycles. The Labute approximate surface area is 389 Å². The van der Waals surface area contributed by atoms with Gasteiger partial charge in [0.1, 0.15) is 41.4 Å². The molecule has 6 amide bonds. The van der Waals surface area contributed by atoms with Gasteiger partial charge < -0.3 is 39.8 Å². The Balaban J connectivity index is 1.31. The topological polar surface area (TPSA) is 203 Å². The van der Waals surface area contributed by atoms with Crippen molar-refractivity contribution in [2.24, 2.45) is 5.92 Å². The number of H-pyrrole nitrogens is 1. The van der Waals surface area contributed by atoms with E-state index in [0.717, 1.165) is 10.5 Å². The van der Waals surface area contributed by atoms with Crippen molar-refractivity contribution >= 4 is 57.8 Å². The van der Waals surface area contributed by atoms with E-state index in [1.807, 2.05) is 18.4 Å². The number of carboxylic acid groups (broad SMARTS) is 1. The molecule has 0 bridgehead atoms. The lowest BCUT2D eigenvalue weighted by atomic mass is 9.99. The van der Waals surface area contributed by atoms with Gasteiger partial charge in [-0.05, 0) is 115 Å². The number of nitrogens with one attached hydrogen (secondary N) is 3. The van der Waals surface area contributed by atoms with Gasteiger partial charge in [-0.1, -0.05) is 20.8 Å². The van der Waals surface area contributed by atoms with Crippen molar-refractivity contribution in [3.8, 4) is 11.5 Å². The van der Waals surface area contributed by atoms with E-state index in [2.05, 4.69) is 15.6 Å². The summed E-state index contributed by atoms with van der Waals surface area (Å²) in [7, 11) is 2.75. The van der Waals surface area contributed by atoms with E-state index in [1.165, 1.54) is 50.2 Å². The van der Waals surface area contributed by atoms with E-state index < -0.39 is 65.4 Å². The fourth-order valence-electron chi connectivity index (χ4n) is 9.02. The zero-order valence-electron chi connectivity index (χ0n) is 40.1. The first-order chi connectivity index (χ1) is 31.5. The van der Waals surface area contributed by atoms with E-state index in [4.69, 9.17) is 9.72 Å². The molecule has 6 rings (SSSR count). The normalized spacial score (nSPS) is 18.2. The molecular weight excluding hydrogens is 869 g/mol. The van der Waals surface area contributed by atoms with Crippen molar-refractivity contribution in [1.29, 1.82) is 0 Å². The summed E-state index contributed by atoms with van der Waals surface area (Å²) in [6.07, 6.45) is 1.28. The molecule has 2 aliphatic heterocycles. The zero-order valence-corrected chi connectivity index (χ0v) is 40.1. The third-order valence-corrected chi connectivity index (χ3v) is 13.1. The summed E-state index contributed by atoms with van der Waals surface area (Å²) in [5.41, 5.74) is 1.97. The summed E-state index contributed by atoms with van der Waals surface area (Å²) in [4.78, 5) is 93.7. The number of rotatable bonds is 15. The molecule has 364 valence electrons. The number of aromatic amines is 1. The highest BCUT2D eigenvalue weighted by molar-refractivity contribution is 5.94. The monoisotopic (exact) mass is 933 g/mol. The van der Waals surface area contributed by atoms with Crippen molar-refractivity contribution in [3.63, 3.8) is 0 Å². The number of likely N-dealkylation sites (tertiary alicyclic amines) is 2. The van der Waals surface area contributed by atoms with Crippen LogP contribution >= 0.6 is 0 Å². The molecule has 67 heavy (non-hydrogen) atoms. The Morgan fingerprint density at radius 3 is 2.09 bits per heavy atom. The number of nitrogens with zero attached hydrogens (tertiary/aromatic N) is 6. The van der Waals surface area contributed by atoms with Crippen LogP contribution in [-0.2, 0) is 36.9 Å². The minimum Gasteiger partial charge on any atom is -0.465 e. The largest absolute Gasteiger partial charge is 0.465 e. The Morgan fingerprint density at radius 1 is 0.866 bits per heavy atom. The zero-order chi connectivity index (χ0) is 49.2. The smallest absolute Gasteiger partial charge is 0.410 e. The van der Waals surface area contributed by atoms with Crippen LogP contribution in [0.25, 0.3) is 33.5 Å². The predicted octanol–water partition coefficient (Wildman–Crippen LogP) is 6.28. The fraction of sp³-hybridized carbons (Fsp3) is 0.562. The second-order valence-corrected chi connectivity index (χ2v) is 19.2. The van der Waals surface area contributed by atoms with Gasteiger partial charge in [-0.2, -0.15) is 0 Å². The molecule has 0 aliphatic carbocycles. The van der Waals surface area contributed by atoms with Gasteiger partial charge in [0.15, 0.2) is 5.82 Å². The standard InChI is InChI=1S/C48H65F2N9O8/c1-11-35(53-42(60)28(5)56(10)47(66)67-48(6,7)8)44(62)57-20-12-14-31(57)24-34-33-18-16-29(49)22-36(33)51-40(34)41-52-37-23-30(50)17-19-38(37)59(41)25-32-15-13-21-58(32)45(63)39(26(2)3)54-43(61)27(4)55(9)46(64)65/h16-19,22-23,26-28,31-32,35,39,51H,11-15,20-21,24-25H2,1-10H3,(H,53,60)(H,54,61)(H,64,65)/t27-,28-,31-,32-,35-,39-/m0/s1. The quantitative estimate of drug-likeness (QED) is 0.106. The first-order valence-electron chi connectivity index (χ1n) is 23.1. The molecule has 0 saturated carbocycles. The number of halogens is 2. The minimum absolute atomic E-state index is 0.233. The first kappa shape index (κ1) is 50.1. The number of hydrogen-bond donors (Lipinski definition) is 4. The van der Waals surface area contributed by atoms with Crippen LogP contribution in [-0.4, -0.2) is 144 Å². The molecule has 2 aromatic carbocycles. The Morgan fingerprint density at radius 2 is 1.46 bits per heavy atom. The van der Waals surface area contributed by atoms with Crippen molar-refractivity contribution in [2.45, 2.75) is 142 Å². The number of benzene rings is 2. The molecule has 17 nitrogen and oxygen atoms in total. The molecule has 0 spiro atoms. The number of fused-ring (bicyclic) bond motifs is 2. The SMILES string of the molecule is CC[C@H](NC(=O)[C@H](C)N(C)C(=O)OC(C)(C)C)C(=O)N1CCC[C@H]1Cc1c(-c2nc3cc(F)ccc3n2C[C@@H]2CCCN2C(=O)[C@@H](NC(=O)[C@H](C)N(C)C(=O)O)C(C)C)[nH]c2cc(F)ccc12. The number of ether oxygens (including phenoxy) is 1. The van der Waals surface area contributed by atoms with E-state index in [-0.39, 0.29) is 36.4 Å². The fourth-order valence-corrected chi connectivity index (χ4v) is 9.02. The van der Waals surface area contributed by atoms with Crippen LogP contribution in [0.3, 0.4) is 0 Å². The molecular formula is C48H65F2N9O8. The van der Waals surface area contributed by atoms with Gasteiger partial charge in [0.2, 0.25) is 23.6 Å². The summed E-state index contributed by atoms with van der Waals surface area (Å²) < 4.78 is 37.2. The van der Waals surface area contributed by atoms with Crippen LogP contribution < -0.4 is 10.6 Å². The molecule has 0 radical (unpaired) electrons. The second kappa shape index (κ2) is 20.3. The highest BCUT2D eigenvalue weighted by atomic mass is 19.1. The summed E-state index contributed by atoms with van der Waals surface area (Å²) in [5, 5.41) is 15.8. The molecule has 4 N–H and O–H groups in total. The van der Waals surface area contributed by atoms with Crippen molar-refractivity contribution in [3.05, 3.63) is 53.6 Å². The molecule has 2 fully saturated rings. The van der Waals surface area contributed by atoms with Gasteiger partial charge in [0.05, 0.1) is 16.7 Å². The molecule has 2 aliphatic rings. The summed E-state index contributed by atoms with van der Waals surface area (Å²) in [6, 6.07) is 4.22. The summed E-state index contributed by atoms with van der Waals surface area (Å²) in [5.74, 6) is -2.57. The van der Waals surface area contributed by atoms with E-state index in [1.54, 1.807) is 56.6 Å². The first-order valence-corrected chi connectivity index (χ1v) is 23.1. The van der Waals surface area contributed by atoms with Gasteiger partial charge in [-0.25, -0.2) is 23.4 Å². The number of hydrogen-bond acceptors (Lipinski definition) is 8. The maximum atomic E-state index is 14.9. The lowest BCUT2D eigenvalue weighted by molar-refractivity contribution is -0.139. The predicted molar refractivity (Wildman–Crippen MR) is 248 cm³/mol. The van der Waals surface area contributed by atoms with Crippen LogP contribution in [0.2, 0.25) is 0 Å². The van der Waals surface area contributed by atoms with Crippen LogP contribution in [0.5, 0.6) is 0 Å². The molecule has 19 heteroatoms. The highest BCUT2D eigenvalue weighted by Gasteiger charge is 2.39. The summed E-state index contributed by atoms with van der Waals surface area (Å²) in [6.45, 7) is 14.7. The Hall–Kier alpha value is -6.27. The average Bonchev–Trinajstić information content (AvgIpc) is 4.08. The summed E-state index contributed by atoms with van der Waals surface area (Å²) >= 11 is 0. The lowest BCUT2D eigenvalue weighted by Gasteiger charge is -2.33. The Bertz CT molecular complexity index is 2520. The van der Waals surface area contributed by atoms with Gasteiger partial charge in [-0.3, -0.25) is 29.0 Å². The number of aromatic nitrogens is 3. The number of imidazole rings is 1. The molecule has 2 saturated heterocycles. The minimum atomic E-state index is -1.28. The second-order valence-electron chi connectivity index (χ2n) is 19.2. The molecule has 0 unspecified atom stereocenters. The number of carbonyl (C=O) groups is 6. The van der Waals surface area contributed by atoms with Crippen molar-refractivity contribution in [1.82, 2.24) is 44.8 Å². The van der Waals surface area contributed by atoms with Gasteiger partial charge in [0.25, 0.3) is 0 Å². The number of likely N-dealkylation sites (N-methyl/N-ethyl adjacent to an activating group) is 2. The van der Waals surface area contributed by atoms with Crippen LogP contribution in [0.1, 0.15) is 93.1 Å². The van der Waals surface area contributed by atoms with E-state index in [9.17, 15) is 42.7 Å². The maximum Gasteiger partial charge on any atom is 0.410 e. The van der Waals surface area contributed by atoms with Crippen molar-refractivity contribution in [2.75, 3.05) is 27.2 Å². The molecule has 6 atom stereocenters. The highest BCUT2D eigenvalue weighted by Crippen LogP contribution is 2.37. The van der Waals surface area contributed by atoms with Crippen molar-refractivity contribution < 1.29 is 47.4 Å². The maximum absolute atomic E-state index is 14.9. The van der Waals surface area contributed by atoms with Crippen LogP contribution in [0.15, 0.2) is 36.4 Å². The lowest BCUT2D eigenvalue weighted by Crippen LogP contribution is -2.56. The van der Waals surface area contributed by atoms with E-state index >= 15 is 0 Å². The third-order valence-electron chi connectivity index (χ3n) is 13.1.